The first-order chi connectivity index (χ1) is 9.28. The zero-order valence-electron chi connectivity index (χ0n) is 11.1. The second-order valence-corrected chi connectivity index (χ2v) is 4.40. The molecule has 2 heterocycles. The summed E-state index contributed by atoms with van der Waals surface area (Å²) in [6.45, 7) is 3.39. The van der Waals surface area contributed by atoms with Crippen LogP contribution in [0.2, 0.25) is 0 Å². The van der Waals surface area contributed by atoms with Crippen LogP contribution in [0.25, 0.3) is 10.9 Å². The van der Waals surface area contributed by atoms with Gasteiger partial charge in [-0.05, 0) is 31.2 Å². The molecule has 0 saturated heterocycles. The lowest BCUT2D eigenvalue weighted by Gasteiger charge is -2.06. The summed E-state index contributed by atoms with van der Waals surface area (Å²) in [5.41, 5.74) is 1.17. The summed E-state index contributed by atoms with van der Waals surface area (Å²) >= 11 is 0. The number of aromatic nitrogens is 4. The van der Waals surface area contributed by atoms with Gasteiger partial charge in [0.1, 0.15) is 17.9 Å². The van der Waals surface area contributed by atoms with Crippen molar-refractivity contribution in [2.75, 3.05) is 6.61 Å². The van der Waals surface area contributed by atoms with Crippen molar-refractivity contribution in [2.24, 2.45) is 7.05 Å². The highest BCUT2D eigenvalue weighted by atomic mass is 16.5. The Morgan fingerprint density at radius 1 is 1.26 bits per heavy atom. The third-order valence-electron chi connectivity index (χ3n) is 3.17. The number of aryl methyl sites for hydroxylation is 1. The van der Waals surface area contributed by atoms with E-state index in [1.165, 1.54) is 10.9 Å². The summed E-state index contributed by atoms with van der Waals surface area (Å²) in [6.07, 6.45) is 3.64. The summed E-state index contributed by atoms with van der Waals surface area (Å²) in [6, 6.07) is 8.23. The van der Waals surface area contributed by atoms with Gasteiger partial charge in [0, 0.05) is 24.1 Å². The van der Waals surface area contributed by atoms with Crippen LogP contribution in [-0.2, 0) is 13.6 Å². The minimum absolute atomic E-state index is 0.686. The largest absolute Gasteiger partial charge is 0.494 e. The molecule has 0 radical (unpaired) electrons. The lowest BCUT2D eigenvalue weighted by molar-refractivity contribution is 0.340. The Morgan fingerprint density at radius 3 is 2.89 bits per heavy atom. The normalized spacial score (nSPS) is 11.1. The average Bonchev–Trinajstić information content (AvgIpc) is 2.98. The molecule has 5 heteroatoms. The van der Waals surface area contributed by atoms with E-state index in [-0.39, 0.29) is 0 Å². The van der Waals surface area contributed by atoms with Gasteiger partial charge in [0.15, 0.2) is 0 Å². The first kappa shape index (κ1) is 11.8. The summed E-state index contributed by atoms with van der Waals surface area (Å²) in [4.78, 5) is 4.25. The summed E-state index contributed by atoms with van der Waals surface area (Å²) in [7, 11) is 1.90. The van der Waals surface area contributed by atoms with E-state index in [9.17, 15) is 0 Å². The topological polar surface area (TPSA) is 44.9 Å². The standard InChI is InChI=1S/C14H16N4O/c1-3-19-12-4-5-13-11(8-12)6-7-18(13)9-14-15-10-16-17(14)2/h4-8,10H,3,9H2,1-2H3. The van der Waals surface area contributed by atoms with E-state index in [2.05, 4.69) is 39.0 Å². The Hall–Kier alpha value is -2.30. The van der Waals surface area contributed by atoms with Crippen molar-refractivity contribution < 1.29 is 4.74 Å². The second kappa shape index (κ2) is 4.76. The number of ether oxygens (including phenoxy) is 1. The highest BCUT2D eigenvalue weighted by Gasteiger charge is 2.06. The van der Waals surface area contributed by atoms with Gasteiger partial charge in [-0.2, -0.15) is 5.10 Å². The monoisotopic (exact) mass is 256 g/mol. The molecule has 19 heavy (non-hydrogen) atoms. The zero-order chi connectivity index (χ0) is 13.2. The van der Waals surface area contributed by atoms with Crippen LogP contribution in [-0.4, -0.2) is 25.9 Å². The fourth-order valence-electron chi connectivity index (χ4n) is 2.19. The average molecular weight is 256 g/mol. The Kier molecular flexibility index (Phi) is 2.95. The predicted molar refractivity (Wildman–Crippen MR) is 73.2 cm³/mol. The van der Waals surface area contributed by atoms with Crippen molar-refractivity contribution in [2.45, 2.75) is 13.5 Å². The van der Waals surface area contributed by atoms with Crippen LogP contribution >= 0.6 is 0 Å². The molecule has 0 spiro atoms. The molecule has 0 amide bonds. The van der Waals surface area contributed by atoms with E-state index in [1.54, 1.807) is 11.0 Å². The molecule has 0 aliphatic heterocycles. The minimum Gasteiger partial charge on any atom is -0.494 e. The Morgan fingerprint density at radius 2 is 2.16 bits per heavy atom. The molecular formula is C14H16N4O. The highest BCUT2D eigenvalue weighted by molar-refractivity contribution is 5.81. The smallest absolute Gasteiger partial charge is 0.146 e. The van der Waals surface area contributed by atoms with Crippen LogP contribution in [0.1, 0.15) is 12.7 Å². The molecule has 2 aromatic heterocycles. The van der Waals surface area contributed by atoms with Crippen LogP contribution in [0.5, 0.6) is 5.75 Å². The first-order valence-electron chi connectivity index (χ1n) is 6.32. The van der Waals surface area contributed by atoms with Crippen molar-refractivity contribution in [1.82, 2.24) is 19.3 Å². The van der Waals surface area contributed by atoms with Crippen LogP contribution in [0, 0.1) is 0 Å². The van der Waals surface area contributed by atoms with Gasteiger partial charge in [-0.25, -0.2) is 4.98 Å². The minimum atomic E-state index is 0.686. The van der Waals surface area contributed by atoms with Crippen molar-refractivity contribution in [3.8, 4) is 5.75 Å². The van der Waals surface area contributed by atoms with E-state index >= 15 is 0 Å². The fourth-order valence-corrected chi connectivity index (χ4v) is 2.19. The van der Waals surface area contributed by atoms with Crippen LogP contribution in [0.3, 0.4) is 0 Å². The number of rotatable bonds is 4. The SMILES string of the molecule is CCOc1ccc2c(ccn2Cc2ncnn2C)c1. The van der Waals surface area contributed by atoms with Crippen molar-refractivity contribution in [3.05, 3.63) is 42.6 Å². The van der Waals surface area contributed by atoms with Gasteiger partial charge in [-0.1, -0.05) is 0 Å². The van der Waals surface area contributed by atoms with E-state index in [0.717, 1.165) is 11.6 Å². The third-order valence-corrected chi connectivity index (χ3v) is 3.17. The molecule has 0 N–H and O–H groups in total. The Balaban J connectivity index is 1.95. The van der Waals surface area contributed by atoms with Gasteiger partial charge >= 0.3 is 0 Å². The number of hydrogen-bond donors (Lipinski definition) is 0. The predicted octanol–water partition coefficient (Wildman–Crippen LogP) is 2.22. The van der Waals surface area contributed by atoms with Crippen molar-refractivity contribution in [1.29, 1.82) is 0 Å². The number of benzene rings is 1. The maximum atomic E-state index is 5.51. The third kappa shape index (κ3) is 2.19. The van der Waals surface area contributed by atoms with Gasteiger partial charge in [-0.3, -0.25) is 4.68 Å². The first-order valence-corrected chi connectivity index (χ1v) is 6.32. The van der Waals surface area contributed by atoms with Crippen LogP contribution < -0.4 is 4.74 Å². The molecule has 98 valence electrons. The highest BCUT2D eigenvalue weighted by Crippen LogP contribution is 2.22. The van der Waals surface area contributed by atoms with Crippen LogP contribution in [0.4, 0.5) is 0 Å². The summed E-state index contributed by atoms with van der Waals surface area (Å²) in [5.74, 6) is 1.85. The molecular weight excluding hydrogens is 240 g/mol. The van der Waals surface area contributed by atoms with E-state index in [1.807, 2.05) is 20.0 Å². The maximum absolute atomic E-state index is 5.51. The van der Waals surface area contributed by atoms with Crippen molar-refractivity contribution >= 4 is 10.9 Å². The molecule has 1 aromatic carbocycles. The Bertz CT molecular complexity index is 698. The molecule has 3 aromatic rings. The number of nitrogens with zero attached hydrogens (tertiary/aromatic N) is 4. The fraction of sp³-hybridized carbons (Fsp3) is 0.286. The maximum Gasteiger partial charge on any atom is 0.146 e. The Labute approximate surface area is 111 Å². The molecule has 3 rings (SSSR count). The molecule has 0 aliphatic rings. The van der Waals surface area contributed by atoms with E-state index < -0.39 is 0 Å². The molecule has 0 fully saturated rings. The van der Waals surface area contributed by atoms with E-state index in [0.29, 0.717) is 13.2 Å². The molecule has 0 unspecified atom stereocenters. The van der Waals surface area contributed by atoms with Gasteiger partial charge in [-0.15, -0.1) is 0 Å². The quantitative estimate of drug-likeness (QED) is 0.719. The number of hydrogen-bond acceptors (Lipinski definition) is 3. The van der Waals surface area contributed by atoms with Crippen LogP contribution in [0.15, 0.2) is 36.8 Å². The lowest BCUT2D eigenvalue weighted by atomic mass is 10.2. The van der Waals surface area contributed by atoms with E-state index in [4.69, 9.17) is 4.74 Å². The molecule has 0 atom stereocenters. The summed E-state index contributed by atoms with van der Waals surface area (Å²) < 4.78 is 9.47. The van der Waals surface area contributed by atoms with Gasteiger partial charge < -0.3 is 9.30 Å². The second-order valence-electron chi connectivity index (χ2n) is 4.40. The zero-order valence-corrected chi connectivity index (χ0v) is 11.1. The molecule has 0 aliphatic carbocycles. The van der Waals surface area contributed by atoms with Crippen molar-refractivity contribution in [3.63, 3.8) is 0 Å². The number of fused-ring (bicyclic) bond motifs is 1. The lowest BCUT2D eigenvalue weighted by Crippen LogP contribution is -2.05. The van der Waals surface area contributed by atoms with Gasteiger partial charge in [0.25, 0.3) is 0 Å². The van der Waals surface area contributed by atoms with Gasteiger partial charge in [0.05, 0.1) is 13.2 Å². The molecule has 5 nitrogen and oxygen atoms in total. The molecule has 0 bridgehead atoms. The summed E-state index contributed by atoms with van der Waals surface area (Å²) in [5, 5.41) is 5.26. The molecule has 0 saturated carbocycles. The van der Waals surface area contributed by atoms with Gasteiger partial charge in [0.2, 0.25) is 0 Å².